The maximum Gasteiger partial charge on any atom is 0.311 e. The number of rotatable bonds is 3. The van der Waals surface area contributed by atoms with Gasteiger partial charge in [0, 0.05) is 6.92 Å². The Hall–Kier alpha value is -0.740. The van der Waals surface area contributed by atoms with Gasteiger partial charge < -0.3 is 4.74 Å². The largest absolute Gasteiger partial charge is 0.459 e. The molecule has 0 saturated heterocycles. The summed E-state index contributed by atoms with van der Waals surface area (Å²) < 4.78 is 40.4. The molecule has 0 aliphatic carbocycles. The van der Waals surface area contributed by atoms with Crippen molar-refractivity contribution in [1.82, 2.24) is 0 Å². The molecule has 0 amide bonds. The molecule has 0 aromatic carbocycles. The average molecular weight is 170 g/mol. The SMILES string of the molecule is CC(=O)OCC(F)(F)C(C)F. The first-order valence-electron chi connectivity index (χ1n) is 3.01. The lowest BCUT2D eigenvalue weighted by molar-refractivity contribution is -0.160. The van der Waals surface area contributed by atoms with E-state index in [0.29, 0.717) is 6.92 Å². The smallest absolute Gasteiger partial charge is 0.311 e. The van der Waals surface area contributed by atoms with Gasteiger partial charge in [0.25, 0.3) is 0 Å². The Morgan fingerprint density at radius 1 is 1.64 bits per heavy atom. The number of hydrogen-bond acceptors (Lipinski definition) is 2. The van der Waals surface area contributed by atoms with Gasteiger partial charge in [0.15, 0.2) is 12.8 Å². The second kappa shape index (κ2) is 3.59. The molecule has 1 unspecified atom stereocenters. The van der Waals surface area contributed by atoms with Crippen LogP contribution in [0.4, 0.5) is 13.2 Å². The normalized spacial score (nSPS) is 14.3. The van der Waals surface area contributed by atoms with Crippen LogP contribution >= 0.6 is 0 Å². The number of carbonyl (C=O) groups excluding carboxylic acids is 1. The second-order valence-corrected chi connectivity index (χ2v) is 2.16. The standard InChI is InChI=1S/C6H9F3O2/c1-4(7)6(8,9)3-11-5(2)10/h4H,3H2,1-2H3. The highest BCUT2D eigenvalue weighted by Gasteiger charge is 2.38. The van der Waals surface area contributed by atoms with E-state index in [2.05, 4.69) is 4.74 Å². The van der Waals surface area contributed by atoms with Crippen molar-refractivity contribution < 1.29 is 22.7 Å². The van der Waals surface area contributed by atoms with E-state index < -0.39 is 24.7 Å². The summed E-state index contributed by atoms with van der Waals surface area (Å²) in [5, 5.41) is 0. The van der Waals surface area contributed by atoms with Gasteiger partial charge in [0.2, 0.25) is 0 Å². The van der Waals surface area contributed by atoms with Gasteiger partial charge in [-0.1, -0.05) is 0 Å². The van der Waals surface area contributed by atoms with Crippen LogP contribution in [0.15, 0.2) is 0 Å². The molecule has 0 fully saturated rings. The van der Waals surface area contributed by atoms with Gasteiger partial charge in [0.1, 0.15) is 0 Å². The molecule has 0 aliphatic rings. The third-order valence-electron chi connectivity index (χ3n) is 1.05. The molecule has 2 nitrogen and oxygen atoms in total. The van der Waals surface area contributed by atoms with Crippen molar-refractivity contribution in [1.29, 1.82) is 0 Å². The lowest BCUT2D eigenvalue weighted by Crippen LogP contribution is -2.33. The number of hydrogen-bond donors (Lipinski definition) is 0. The summed E-state index contributed by atoms with van der Waals surface area (Å²) in [6.07, 6.45) is -2.30. The lowest BCUT2D eigenvalue weighted by Gasteiger charge is -2.16. The summed E-state index contributed by atoms with van der Waals surface area (Å²) in [5.41, 5.74) is 0. The zero-order valence-electron chi connectivity index (χ0n) is 6.23. The fourth-order valence-corrected chi connectivity index (χ4v) is 0.313. The number of ether oxygens (including phenoxy) is 1. The highest BCUT2D eigenvalue weighted by Crippen LogP contribution is 2.21. The summed E-state index contributed by atoms with van der Waals surface area (Å²) in [6, 6.07) is 0. The zero-order valence-corrected chi connectivity index (χ0v) is 6.23. The summed E-state index contributed by atoms with van der Waals surface area (Å²) in [4.78, 5) is 10.0. The fourth-order valence-electron chi connectivity index (χ4n) is 0.313. The van der Waals surface area contributed by atoms with Crippen molar-refractivity contribution in [2.45, 2.75) is 25.9 Å². The molecule has 0 saturated carbocycles. The third-order valence-corrected chi connectivity index (χ3v) is 1.05. The molecule has 0 heterocycles. The maximum absolute atomic E-state index is 12.3. The van der Waals surface area contributed by atoms with E-state index in [0.717, 1.165) is 6.92 Å². The Bertz CT molecular complexity index is 145. The van der Waals surface area contributed by atoms with Crippen molar-refractivity contribution in [3.8, 4) is 0 Å². The molecular weight excluding hydrogens is 161 g/mol. The average Bonchev–Trinajstić information content (AvgIpc) is 1.84. The van der Waals surface area contributed by atoms with Crippen LogP contribution in [-0.4, -0.2) is 24.7 Å². The maximum atomic E-state index is 12.3. The van der Waals surface area contributed by atoms with Crippen molar-refractivity contribution in [3.05, 3.63) is 0 Å². The highest BCUT2D eigenvalue weighted by molar-refractivity contribution is 5.65. The van der Waals surface area contributed by atoms with Crippen LogP contribution in [0.2, 0.25) is 0 Å². The molecule has 0 rings (SSSR count). The molecule has 0 N–H and O–H groups in total. The van der Waals surface area contributed by atoms with Crippen LogP contribution in [-0.2, 0) is 9.53 Å². The first-order valence-corrected chi connectivity index (χ1v) is 3.01. The molecule has 5 heteroatoms. The van der Waals surface area contributed by atoms with E-state index in [1.807, 2.05) is 0 Å². The molecule has 0 radical (unpaired) electrons. The molecule has 11 heavy (non-hydrogen) atoms. The second-order valence-electron chi connectivity index (χ2n) is 2.16. The third kappa shape index (κ3) is 3.85. The summed E-state index contributed by atoms with van der Waals surface area (Å²) in [6.45, 7) is 0.502. The van der Waals surface area contributed by atoms with Crippen LogP contribution in [0.1, 0.15) is 13.8 Å². The quantitative estimate of drug-likeness (QED) is 0.600. The fraction of sp³-hybridized carbons (Fsp3) is 0.833. The molecule has 0 aliphatic heterocycles. The van der Waals surface area contributed by atoms with Crippen molar-refractivity contribution >= 4 is 5.97 Å². The number of alkyl halides is 3. The van der Waals surface area contributed by atoms with Crippen molar-refractivity contribution in [3.63, 3.8) is 0 Å². The molecule has 0 aromatic heterocycles. The van der Waals surface area contributed by atoms with E-state index in [9.17, 15) is 18.0 Å². The summed E-state index contributed by atoms with van der Waals surface area (Å²) in [7, 11) is 0. The Morgan fingerprint density at radius 2 is 2.09 bits per heavy atom. The predicted octanol–water partition coefficient (Wildman–Crippen LogP) is 1.54. The molecule has 0 bridgehead atoms. The predicted molar refractivity (Wildman–Crippen MR) is 32.1 cm³/mol. The van der Waals surface area contributed by atoms with Gasteiger partial charge in [-0.2, -0.15) is 8.78 Å². The van der Waals surface area contributed by atoms with Crippen molar-refractivity contribution in [2.24, 2.45) is 0 Å². The minimum Gasteiger partial charge on any atom is -0.459 e. The molecular formula is C6H9F3O2. The van der Waals surface area contributed by atoms with Crippen LogP contribution in [0.5, 0.6) is 0 Å². The van der Waals surface area contributed by atoms with Crippen LogP contribution < -0.4 is 0 Å². The van der Waals surface area contributed by atoms with Crippen LogP contribution in [0, 0.1) is 0 Å². The van der Waals surface area contributed by atoms with Gasteiger partial charge in [-0.25, -0.2) is 4.39 Å². The van der Waals surface area contributed by atoms with E-state index in [-0.39, 0.29) is 0 Å². The van der Waals surface area contributed by atoms with Crippen LogP contribution in [0.3, 0.4) is 0 Å². The number of halogens is 3. The minimum atomic E-state index is -3.58. The van der Waals surface area contributed by atoms with Crippen LogP contribution in [0.25, 0.3) is 0 Å². The van der Waals surface area contributed by atoms with Gasteiger partial charge in [-0.15, -0.1) is 0 Å². The molecule has 1 atom stereocenters. The topological polar surface area (TPSA) is 26.3 Å². The lowest BCUT2D eigenvalue weighted by atomic mass is 10.2. The van der Waals surface area contributed by atoms with E-state index in [1.165, 1.54) is 0 Å². The minimum absolute atomic E-state index is 0.712. The molecule has 0 aromatic rings. The van der Waals surface area contributed by atoms with Gasteiger partial charge in [-0.05, 0) is 6.92 Å². The first-order chi connectivity index (χ1) is 4.86. The zero-order chi connectivity index (χ0) is 9.07. The van der Waals surface area contributed by atoms with Gasteiger partial charge in [-0.3, -0.25) is 4.79 Å². The van der Waals surface area contributed by atoms with E-state index >= 15 is 0 Å². The van der Waals surface area contributed by atoms with Gasteiger partial charge in [0.05, 0.1) is 0 Å². The van der Waals surface area contributed by atoms with E-state index in [4.69, 9.17) is 0 Å². The van der Waals surface area contributed by atoms with Gasteiger partial charge >= 0.3 is 11.9 Å². The Labute approximate surface area is 62.3 Å². The Balaban J connectivity index is 3.82. The number of esters is 1. The van der Waals surface area contributed by atoms with Crippen molar-refractivity contribution in [2.75, 3.05) is 6.61 Å². The Morgan fingerprint density at radius 3 is 2.36 bits per heavy atom. The number of carbonyl (C=O) groups is 1. The monoisotopic (exact) mass is 170 g/mol. The summed E-state index contributed by atoms with van der Waals surface area (Å²) >= 11 is 0. The molecule has 66 valence electrons. The molecule has 0 spiro atoms. The highest BCUT2D eigenvalue weighted by atomic mass is 19.3. The Kier molecular flexibility index (Phi) is 3.35. The van der Waals surface area contributed by atoms with E-state index in [1.54, 1.807) is 0 Å². The first kappa shape index (κ1) is 10.3. The summed E-state index contributed by atoms with van der Waals surface area (Å²) in [5.74, 6) is -4.42.